The number of piperidine rings is 1. The SMILES string of the molecule is C#CC1CCCN(C(=O)C(CC(=O)O)NC(=O)OCC2c3ccccc3-c3ccccc32)C1. The molecule has 1 aliphatic carbocycles. The Balaban J connectivity index is 1.43. The van der Waals surface area contributed by atoms with Crippen LogP contribution in [0.25, 0.3) is 11.1 Å². The van der Waals surface area contributed by atoms with Crippen LogP contribution in [0.1, 0.15) is 36.3 Å². The van der Waals surface area contributed by atoms with Gasteiger partial charge in [0.25, 0.3) is 0 Å². The third-order valence-electron chi connectivity index (χ3n) is 6.28. The van der Waals surface area contributed by atoms with Gasteiger partial charge in [0, 0.05) is 24.9 Å². The third kappa shape index (κ3) is 4.85. The van der Waals surface area contributed by atoms with E-state index in [4.69, 9.17) is 11.2 Å². The van der Waals surface area contributed by atoms with E-state index in [1.54, 1.807) is 0 Å². The summed E-state index contributed by atoms with van der Waals surface area (Å²) < 4.78 is 5.49. The van der Waals surface area contributed by atoms with Crippen molar-refractivity contribution in [1.29, 1.82) is 0 Å². The van der Waals surface area contributed by atoms with Crippen LogP contribution in [0.3, 0.4) is 0 Å². The molecular weight excluding hydrogens is 420 g/mol. The Bertz CT molecular complexity index is 1060. The fraction of sp³-hybridized carbons (Fsp3) is 0.346. The molecule has 33 heavy (non-hydrogen) atoms. The molecule has 0 saturated carbocycles. The van der Waals surface area contributed by atoms with Crippen LogP contribution in [-0.4, -0.2) is 53.7 Å². The lowest BCUT2D eigenvalue weighted by molar-refractivity contribution is -0.143. The lowest BCUT2D eigenvalue weighted by Gasteiger charge is -2.33. The van der Waals surface area contributed by atoms with Crippen molar-refractivity contribution < 1.29 is 24.2 Å². The molecule has 4 rings (SSSR count). The number of nitrogens with zero attached hydrogens (tertiary/aromatic N) is 1. The lowest BCUT2D eigenvalue weighted by Crippen LogP contribution is -2.52. The van der Waals surface area contributed by atoms with Crippen LogP contribution in [0.4, 0.5) is 4.79 Å². The first-order chi connectivity index (χ1) is 16.0. The van der Waals surface area contributed by atoms with Gasteiger partial charge in [0.05, 0.1) is 6.42 Å². The Hall–Kier alpha value is -3.79. The summed E-state index contributed by atoms with van der Waals surface area (Å²) in [5.41, 5.74) is 4.35. The maximum Gasteiger partial charge on any atom is 0.407 e. The summed E-state index contributed by atoms with van der Waals surface area (Å²) >= 11 is 0. The Kier molecular flexibility index (Phi) is 6.64. The van der Waals surface area contributed by atoms with Gasteiger partial charge in [0.1, 0.15) is 12.6 Å². The van der Waals surface area contributed by atoms with Gasteiger partial charge in [0.2, 0.25) is 5.91 Å². The molecule has 2 aromatic rings. The molecule has 7 nitrogen and oxygen atoms in total. The zero-order chi connectivity index (χ0) is 23.4. The molecule has 2 atom stereocenters. The molecule has 0 radical (unpaired) electrons. The molecule has 2 aromatic carbocycles. The van der Waals surface area contributed by atoms with Crippen LogP contribution in [0.2, 0.25) is 0 Å². The van der Waals surface area contributed by atoms with Crippen LogP contribution in [0, 0.1) is 18.3 Å². The zero-order valence-corrected chi connectivity index (χ0v) is 18.2. The molecule has 7 heteroatoms. The second kappa shape index (κ2) is 9.78. The van der Waals surface area contributed by atoms with Crippen molar-refractivity contribution in [2.75, 3.05) is 19.7 Å². The average molecular weight is 447 g/mol. The van der Waals surface area contributed by atoms with E-state index in [9.17, 15) is 19.5 Å². The molecule has 1 aliphatic heterocycles. The smallest absolute Gasteiger partial charge is 0.407 e. The number of aliphatic carboxylic acids is 1. The third-order valence-corrected chi connectivity index (χ3v) is 6.28. The van der Waals surface area contributed by atoms with Crippen molar-refractivity contribution in [3.63, 3.8) is 0 Å². The highest BCUT2D eigenvalue weighted by atomic mass is 16.5. The lowest BCUT2D eigenvalue weighted by atomic mass is 9.98. The highest BCUT2D eigenvalue weighted by Gasteiger charge is 2.33. The number of hydrogen-bond acceptors (Lipinski definition) is 4. The van der Waals surface area contributed by atoms with Crippen molar-refractivity contribution in [3.05, 3.63) is 59.7 Å². The number of carboxylic acid groups (broad SMARTS) is 1. The van der Waals surface area contributed by atoms with Crippen LogP contribution < -0.4 is 5.32 Å². The van der Waals surface area contributed by atoms with Gasteiger partial charge in [-0.25, -0.2) is 4.79 Å². The number of carboxylic acids is 1. The number of alkyl carbamates (subject to hydrolysis) is 1. The normalized spacial score (nSPS) is 17.9. The average Bonchev–Trinajstić information content (AvgIpc) is 3.15. The summed E-state index contributed by atoms with van der Waals surface area (Å²) in [6.07, 6.45) is 5.72. The number of benzene rings is 2. The van der Waals surface area contributed by atoms with E-state index in [1.807, 2.05) is 48.5 Å². The van der Waals surface area contributed by atoms with E-state index in [1.165, 1.54) is 4.90 Å². The number of hydrogen-bond donors (Lipinski definition) is 2. The van der Waals surface area contributed by atoms with Crippen molar-refractivity contribution >= 4 is 18.0 Å². The molecule has 2 aliphatic rings. The van der Waals surface area contributed by atoms with Gasteiger partial charge in [-0.1, -0.05) is 48.5 Å². The summed E-state index contributed by atoms with van der Waals surface area (Å²) in [6, 6.07) is 14.7. The highest BCUT2D eigenvalue weighted by molar-refractivity contribution is 5.89. The zero-order valence-electron chi connectivity index (χ0n) is 18.2. The number of nitrogens with one attached hydrogen (secondary N) is 1. The molecule has 170 valence electrons. The topological polar surface area (TPSA) is 95.9 Å². The number of rotatable bonds is 6. The Morgan fingerprint density at radius 2 is 1.76 bits per heavy atom. The number of carbonyl (C=O) groups is 3. The fourth-order valence-corrected chi connectivity index (χ4v) is 4.69. The molecule has 0 aromatic heterocycles. The summed E-state index contributed by atoms with van der Waals surface area (Å²) in [6.45, 7) is 0.925. The second-order valence-corrected chi connectivity index (χ2v) is 8.41. The largest absolute Gasteiger partial charge is 0.481 e. The monoisotopic (exact) mass is 446 g/mol. The van der Waals surface area contributed by atoms with Crippen molar-refractivity contribution in [2.24, 2.45) is 5.92 Å². The summed E-state index contributed by atoms with van der Waals surface area (Å²) in [5, 5.41) is 11.7. The predicted molar refractivity (Wildman–Crippen MR) is 122 cm³/mol. The van der Waals surface area contributed by atoms with Gasteiger partial charge < -0.3 is 20.1 Å². The first-order valence-electron chi connectivity index (χ1n) is 11.1. The Morgan fingerprint density at radius 1 is 1.12 bits per heavy atom. The Labute approximate surface area is 192 Å². The minimum Gasteiger partial charge on any atom is -0.481 e. The molecular formula is C26H26N2O5. The van der Waals surface area contributed by atoms with Crippen molar-refractivity contribution in [3.8, 4) is 23.5 Å². The van der Waals surface area contributed by atoms with Crippen LogP contribution in [-0.2, 0) is 14.3 Å². The second-order valence-electron chi connectivity index (χ2n) is 8.41. The van der Waals surface area contributed by atoms with E-state index in [0.29, 0.717) is 13.1 Å². The standard InChI is InChI=1S/C26H26N2O5/c1-2-17-8-7-13-28(15-17)25(31)23(14-24(29)30)27-26(32)33-16-22-20-11-5-3-9-18(20)19-10-4-6-12-21(19)22/h1,3-6,9-12,17,22-23H,7-8,13-16H2,(H,27,32)(H,29,30). The Morgan fingerprint density at radius 3 is 2.36 bits per heavy atom. The summed E-state index contributed by atoms with van der Waals surface area (Å²) in [4.78, 5) is 38.4. The quantitative estimate of drug-likeness (QED) is 0.664. The van der Waals surface area contributed by atoms with Gasteiger partial charge in [-0.05, 0) is 35.1 Å². The van der Waals surface area contributed by atoms with E-state index in [2.05, 4.69) is 11.2 Å². The first kappa shape index (κ1) is 22.4. The molecule has 1 fully saturated rings. The van der Waals surface area contributed by atoms with Crippen molar-refractivity contribution in [2.45, 2.75) is 31.2 Å². The summed E-state index contributed by atoms with van der Waals surface area (Å²) in [5.74, 6) is 0.823. The molecule has 2 amide bonds. The number of ether oxygens (including phenoxy) is 1. The number of amides is 2. The number of fused-ring (bicyclic) bond motifs is 3. The number of terminal acetylenes is 1. The molecule has 2 unspecified atom stereocenters. The minimum absolute atomic E-state index is 0.0670. The molecule has 1 heterocycles. The van der Waals surface area contributed by atoms with Crippen LogP contribution in [0.5, 0.6) is 0 Å². The molecule has 2 N–H and O–H groups in total. The van der Waals surface area contributed by atoms with E-state index < -0.39 is 30.4 Å². The van der Waals surface area contributed by atoms with Gasteiger partial charge in [-0.3, -0.25) is 9.59 Å². The summed E-state index contributed by atoms with van der Waals surface area (Å²) in [7, 11) is 0. The van der Waals surface area contributed by atoms with Crippen molar-refractivity contribution in [1.82, 2.24) is 10.2 Å². The maximum atomic E-state index is 12.9. The van der Waals surface area contributed by atoms with Crippen LogP contribution >= 0.6 is 0 Å². The number of carbonyl (C=O) groups excluding carboxylic acids is 2. The van der Waals surface area contributed by atoms with Crippen LogP contribution in [0.15, 0.2) is 48.5 Å². The van der Waals surface area contributed by atoms with E-state index >= 15 is 0 Å². The fourth-order valence-electron chi connectivity index (χ4n) is 4.69. The first-order valence-corrected chi connectivity index (χ1v) is 11.1. The van der Waals surface area contributed by atoms with Gasteiger partial charge in [0.15, 0.2) is 0 Å². The van der Waals surface area contributed by atoms with Gasteiger partial charge >= 0.3 is 12.1 Å². The molecule has 1 saturated heterocycles. The number of likely N-dealkylation sites (tertiary alicyclic amines) is 1. The predicted octanol–water partition coefficient (Wildman–Crippen LogP) is 3.24. The highest BCUT2D eigenvalue weighted by Crippen LogP contribution is 2.44. The van der Waals surface area contributed by atoms with Gasteiger partial charge in [-0.2, -0.15) is 0 Å². The molecule has 0 bridgehead atoms. The maximum absolute atomic E-state index is 12.9. The molecule has 0 spiro atoms. The van der Waals surface area contributed by atoms with Gasteiger partial charge in [-0.15, -0.1) is 12.3 Å². The van der Waals surface area contributed by atoms with E-state index in [0.717, 1.165) is 35.1 Å². The van der Waals surface area contributed by atoms with E-state index in [-0.39, 0.29) is 18.4 Å². The minimum atomic E-state index is -1.21.